The maximum absolute atomic E-state index is 5.59. The van der Waals surface area contributed by atoms with Crippen LogP contribution in [-0.2, 0) is 13.1 Å². The summed E-state index contributed by atoms with van der Waals surface area (Å²) in [7, 11) is 0. The van der Waals surface area contributed by atoms with Crippen LogP contribution in [-0.4, -0.2) is 50.9 Å². The Labute approximate surface area is 155 Å². The molecule has 5 nitrogen and oxygen atoms in total. The number of hydrogen-bond acceptors (Lipinski definition) is 3. The first-order chi connectivity index (χ1) is 12.0. The molecule has 1 aliphatic heterocycles. The predicted octanol–water partition coefficient (Wildman–Crippen LogP) is 3.03. The third kappa shape index (κ3) is 4.58. The molecule has 0 bridgehead atoms. The molecule has 1 saturated heterocycles. The maximum atomic E-state index is 5.59. The van der Waals surface area contributed by atoms with Crippen molar-refractivity contribution < 1.29 is 0 Å². The number of anilines is 1. The van der Waals surface area contributed by atoms with Gasteiger partial charge >= 0.3 is 0 Å². The summed E-state index contributed by atoms with van der Waals surface area (Å²) in [4.78, 5) is 4.74. The smallest absolute Gasteiger partial charge is 0.173 e. The molecule has 0 aliphatic carbocycles. The predicted molar refractivity (Wildman–Crippen MR) is 107 cm³/mol. The van der Waals surface area contributed by atoms with E-state index in [2.05, 4.69) is 71.4 Å². The molecule has 0 amide bonds. The minimum Gasteiger partial charge on any atom is -0.346 e. The molecule has 0 spiro atoms. The van der Waals surface area contributed by atoms with Crippen LogP contribution in [0.4, 0.5) is 5.69 Å². The van der Waals surface area contributed by atoms with Gasteiger partial charge in [-0.1, -0.05) is 12.1 Å². The van der Waals surface area contributed by atoms with Crippen LogP contribution in [0.2, 0.25) is 0 Å². The van der Waals surface area contributed by atoms with Crippen LogP contribution >= 0.6 is 12.2 Å². The van der Waals surface area contributed by atoms with Crippen LogP contribution in [0.25, 0.3) is 0 Å². The van der Waals surface area contributed by atoms with E-state index >= 15 is 0 Å². The fourth-order valence-corrected chi connectivity index (χ4v) is 3.45. The summed E-state index contributed by atoms with van der Waals surface area (Å²) in [6.45, 7) is 12.2. The van der Waals surface area contributed by atoms with E-state index < -0.39 is 0 Å². The number of piperazine rings is 1. The standard InChI is InChI=1S/C19H27N5S/c1-4-24-14-17(16(3)21-24)13-22-8-10-23(11-9-22)19(25)20-18-7-5-6-15(2)12-18/h5-7,12,14H,4,8-11,13H2,1-3H3,(H,20,25). The Bertz CT molecular complexity index is 731. The number of nitrogens with one attached hydrogen (secondary N) is 1. The van der Waals surface area contributed by atoms with Crippen molar-refractivity contribution in [2.75, 3.05) is 31.5 Å². The highest BCUT2D eigenvalue weighted by molar-refractivity contribution is 7.80. The summed E-state index contributed by atoms with van der Waals surface area (Å²) >= 11 is 5.59. The monoisotopic (exact) mass is 357 g/mol. The maximum Gasteiger partial charge on any atom is 0.173 e. The van der Waals surface area contributed by atoms with Gasteiger partial charge in [0.15, 0.2) is 5.11 Å². The second kappa shape index (κ2) is 7.97. The Morgan fingerprint density at radius 1 is 1.20 bits per heavy atom. The van der Waals surface area contributed by atoms with Crippen LogP contribution in [0, 0.1) is 13.8 Å². The van der Waals surface area contributed by atoms with E-state index in [9.17, 15) is 0 Å². The molecule has 0 radical (unpaired) electrons. The van der Waals surface area contributed by atoms with Gasteiger partial charge in [-0.05, 0) is 50.7 Å². The van der Waals surface area contributed by atoms with Crippen LogP contribution in [0.5, 0.6) is 0 Å². The van der Waals surface area contributed by atoms with Gasteiger partial charge in [0.05, 0.1) is 5.69 Å². The lowest BCUT2D eigenvalue weighted by atomic mass is 10.2. The lowest BCUT2D eigenvalue weighted by Crippen LogP contribution is -2.49. The van der Waals surface area contributed by atoms with E-state index in [1.165, 1.54) is 11.1 Å². The average molecular weight is 358 g/mol. The van der Waals surface area contributed by atoms with Gasteiger partial charge < -0.3 is 10.2 Å². The Balaban J connectivity index is 1.51. The molecular formula is C19H27N5S. The number of aryl methyl sites for hydroxylation is 3. The quantitative estimate of drug-likeness (QED) is 0.851. The van der Waals surface area contributed by atoms with Crippen LogP contribution < -0.4 is 5.32 Å². The molecule has 0 saturated carbocycles. The third-order valence-electron chi connectivity index (χ3n) is 4.69. The van der Waals surface area contributed by atoms with Crippen molar-refractivity contribution in [3.8, 4) is 0 Å². The molecule has 1 aromatic heterocycles. The second-order valence-corrected chi connectivity index (χ2v) is 7.04. The summed E-state index contributed by atoms with van der Waals surface area (Å²) in [5, 5.41) is 8.72. The van der Waals surface area contributed by atoms with Gasteiger partial charge in [0, 0.05) is 56.7 Å². The Morgan fingerprint density at radius 3 is 2.60 bits per heavy atom. The number of rotatable bonds is 4. The van der Waals surface area contributed by atoms with Crippen LogP contribution in [0.3, 0.4) is 0 Å². The molecule has 1 fully saturated rings. The molecule has 1 N–H and O–H groups in total. The summed E-state index contributed by atoms with van der Waals surface area (Å²) in [6, 6.07) is 8.33. The van der Waals surface area contributed by atoms with Crippen molar-refractivity contribution in [1.82, 2.24) is 19.6 Å². The van der Waals surface area contributed by atoms with Crippen LogP contribution in [0.15, 0.2) is 30.5 Å². The first-order valence-electron chi connectivity index (χ1n) is 8.93. The molecule has 1 aliphatic rings. The summed E-state index contributed by atoms with van der Waals surface area (Å²) in [5.74, 6) is 0. The van der Waals surface area contributed by atoms with Crippen molar-refractivity contribution in [1.29, 1.82) is 0 Å². The molecule has 3 rings (SSSR count). The lowest BCUT2D eigenvalue weighted by Gasteiger charge is -2.36. The molecule has 0 atom stereocenters. The molecule has 2 heterocycles. The second-order valence-electron chi connectivity index (χ2n) is 6.66. The molecule has 25 heavy (non-hydrogen) atoms. The highest BCUT2D eigenvalue weighted by Crippen LogP contribution is 2.14. The molecule has 134 valence electrons. The number of nitrogens with zero attached hydrogens (tertiary/aromatic N) is 4. The van der Waals surface area contributed by atoms with Crippen molar-refractivity contribution >= 4 is 23.0 Å². The van der Waals surface area contributed by atoms with Gasteiger partial charge in [0.25, 0.3) is 0 Å². The van der Waals surface area contributed by atoms with Gasteiger partial charge in [-0.25, -0.2) is 0 Å². The summed E-state index contributed by atoms with van der Waals surface area (Å²) in [6.07, 6.45) is 2.17. The lowest BCUT2D eigenvalue weighted by molar-refractivity contribution is 0.176. The minimum absolute atomic E-state index is 0.820. The highest BCUT2D eigenvalue weighted by Gasteiger charge is 2.20. The first kappa shape index (κ1) is 17.9. The van der Waals surface area contributed by atoms with Crippen molar-refractivity contribution in [2.45, 2.75) is 33.9 Å². The van der Waals surface area contributed by atoms with E-state index in [4.69, 9.17) is 12.2 Å². The molecular weight excluding hydrogens is 330 g/mol. The van der Waals surface area contributed by atoms with E-state index in [0.717, 1.165) is 55.8 Å². The zero-order valence-corrected chi connectivity index (χ0v) is 16.1. The molecule has 2 aromatic rings. The number of aromatic nitrogens is 2. The SMILES string of the molecule is CCn1cc(CN2CCN(C(=S)Nc3cccc(C)c3)CC2)c(C)n1. The van der Waals surface area contributed by atoms with Gasteiger partial charge in [-0.3, -0.25) is 9.58 Å². The van der Waals surface area contributed by atoms with Gasteiger partial charge in [-0.2, -0.15) is 5.10 Å². The average Bonchev–Trinajstić information content (AvgIpc) is 2.95. The molecule has 6 heteroatoms. The fourth-order valence-electron chi connectivity index (χ4n) is 3.15. The van der Waals surface area contributed by atoms with Crippen molar-refractivity contribution in [3.63, 3.8) is 0 Å². The normalized spacial score (nSPS) is 15.4. The summed E-state index contributed by atoms with van der Waals surface area (Å²) < 4.78 is 2.02. The van der Waals surface area contributed by atoms with E-state index in [1.54, 1.807) is 0 Å². The van der Waals surface area contributed by atoms with Crippen LogP contribution in [0.1, 0.15) is 23.7 Å². The highest BCUT2D eigenvalue weighted by atomic mass is 32.1. The number of thiocarbonyl (C=S) groups is 1. The molecule has 0 unspecified atom stereocenters. The van der Waals surface area contributed by atoms with Gasteiger partial charge in [0.2, 0.25) is 0 Å². The van der Waals surface area contributed by atoms with Crippen molar-refractivity contribution in [2.24, 2.45) is 0 Å². The zero-order valence-electron chi connectivity index (χ0n) is 15.3. The van der Waals surface area contributed by atoms with E-state index in [0.29, 0.717) is 0 Å². The number of benzene rings is 1. The fraction of sp³-hybridized carbons (Fsp3) is 0.474. The zero-order chi connectivity index (χ0) is 17.8. The number of hydrogen-bond donors (Lipinski definition) is 1. The Kier molecular flexibility index (Phi) is 5.71. The van der Waals surface area contributed by atoms with Crippen molar-refractivity contribution in [3.05, 3.63) is 47.3 Å². The first-order valence-corrected chi connectivity index (χ1v) is 9.34. The van der Waals surface area contributed by atoms with Gasteiger partial charge in [-0.15, -0.1) is 0 Å². The largest absolute Gasteiger partial charge is 0.346 e. The topological polar surface area (TPSA) is 36.3 Å². The third-order valence-corrected chi connectivity index (χ3v) is 5.06. The van der Waals surface area contributed by atoms with E-state index in [-0.39, 0.29) is 0 Å². The van der Waals surface area contributed by atoms with E-state index in [1.807, 2.05) is 4.68 Å². The minimum atomic E-state index is 0.820. The molecule has 1 aromatic carbocycles. The Morgan fingerprint density at radius 2 is 1.96 bits per heavy atom. The Hall–Kier alpha value is -1.92. The summed E-state index contributed by atoms with van der Waals surface area (Å²) in [5.41, 5.74) is 4.77. The van der Waals surface area contributed by atoms with Gasteiger partial charge in [0.1, 0.15) is 0 Å².